The zero-order valence-electron chi connectivity index (χ0n) is 18.7. The minimum atomic E-state index is 0.410. The number of thiophene rings is 1. The van der Waals surface area contributed by atoms with Crippen LogP contribution in [0, 0.1) is 13.8 Å². The first-order valence-electron chi connectivity index (χ1n) is 10.9. The fraction of sp³-hybridized carbons (Fsp3) is 0.375. The maximum absolute atomic E-state index is 5.35. The summed E-state index contributed by atoms with van der Waals surface area (Å²) in [6.45, 7) is 9.02. The highest BCUT2D eigenvalue weighted by atomic mass is 32.1. The van der Waals surface area contributed by atoms with Gasteiger partial charge >= 0.3 is 0 Å². The van der Waals surface area contributed by atoms with E-state index in [0.29, 0.717) is 6.61 Å². The molecule has 1 fully saturated rings. The number of rotatable bonds is 6. The van der Waals surface area contributed by atoms with Gasteiger partial charge in [-0.25, -0.2) is 9.97 Å². The lowest BCUT2D eigenvalue weighted by Crippen LogP contribution is -2.46. The molecule has 7 nitrogen and oxygen atoms in total. The predicted octanol–water partition coefficient (Wildman–Crippen LogP) is 4.43. The van der Waals surface area contributed by atoms with Gasteiger partial charge in [0.25, 0.3) is 0 Å². The third-order valence-electron chi connectivity index (χ3n) is 6.05. The number of nitrogens with zero attached hydrogens (tertiary/aromatic N) is 5. The number of aryl methyl sites for hydroxylation is 2. The molecule has 4 aromatic rings. The zero-order chi connectivity index (χ0) is 22.1. The van der Waals surface area contributed by atoms with Crippen LogP contribution in [0.5, 0.6) is 0 Å². The van der Waals surface area contributed by atoms with Crippen molar-refractivity contribution in [2.24, 2.45) is 0 Å². The third kappa shape index (κ3) is 4.01. The summed E-state index contributed by atoms with van der Waals surface area (Å²) in [6, 6.07) is 10.5. The average Bonchev–Trinajstić information content (AvgIpc) is 3.38. The van der Waals surface area contributed by atoms with Gasteiger partial charge in [-0.2, -0.15) is 0 Å². The third-order valence-corrected chi connectivity index (χ3v) is 6.93. The zero-order valence-corrected chi connectivity index (χ0v) is 19.5. The van der Waals surface area contributed by atoms with Crippen LogP contribution in [-0.4, -0.2) is 53.3 Å². The van der Waals surface area contributed by atoms with Gasteiger partial charge in [0.1, 0.15) is 23.0 Å². The molecule has 1 saturated heterocycles. The molecule has 1 aliphatic rings. The van der Waals surface area contributed by atoms with E-state index in [9.17, 15) is 0 Å². The highest BCUT2D eigenvalue weighted by Crippen LogP contribution is 2.38. The van der Waals surface area contributed by atoms with Crippen LogP contribution in [-0.2, 0) is 17.9 Å². The monoisotopic (exact) mass is 449 g/mol. The number of aromatic nitrogens is 3. The van der Waals surface area contributed by atoms with Gasteiger partial charge in [0.15, 0.2) is 5.82 Å². The molecular weight excluding hydrogens is 422 g/mol. The van der Waals surface area contributed by atoms with Crippen molar-refractivity contribution in [2.45, 2.75) is 27.0 Å². The van der Waals surface area contributed by atoms with E-state index in [1.807, 2.05) is 19.9 Å². The first-order chi connectivity index (χ1) is 15.6. The molecule has 5 rings (SSSR count). The van der Waals surface area contributed by atoms with Gasteiger partial charge in [-0.15, -0.1) is 11.3 Å². The number of piperazine rings is 1. The van der Waals surface area contributed by atoms with E-state index in [1.165, 1.54) is 16.7 Å². The molecule has 4 heterocycles. The van der Waals surface area contributed by atoms with Crippen LogP contribution in [0.4, 0.5) is 5.82 Å². The Kier molecular flexibility index (Phi) is 5.91. The van der Waals surface area contributed by atoms with E-state index in [-0.39, 0.29) is 0 Å². The molecule has 0 atom stereocenters. The first-order valence-corrected chi connectivity index (χ1v) is 11.7. The molecule has 0 aliphatic carbocycles. The Balaban J connectivity index is 1.45. The van der Waals surface area contributed by atoms with E-state index in [1.54, 1.807) is 18.4 Å². The minimum absolute atomic E-state index is 0.410. The molecule has 0 N–H and O–H groups in total. The Labute approximate surface area is 191 Å². The maximum Gasteiger partial charge on any atom is 0.158 e. The van der Waals surface area contributed by atoms with Crippen molar-refractivity contribution >= 4 is 27.4 Å². The smallest absolute Gasteiger partial charge is 0.158 e. The lowest BCUT2D eigenvalue weighted by Gasteiger charge is -2.35. The first kappa shape index (κ1) is 21.1. The van der Waals surface area contributed by atoms with Crippen LogP contribution < -0.4 is 4.90 Å². The number of anilines is 1. The second kappa shape index (κ2) is 8.97. The highest BCUT2D eigenvalue weighted by Gasteiger charge is 2.25. The van der Waals surface area contributed by atoms with E-state index in [0.717, 1.165) is 66.0 Å². The Morgan fingerprint density at radius 1 is 1.06 bits per heavy atom. The van der Waals surface area contributed by atoms with Crippen molar-refractivity contribution < 1.29 is 9.26 Å². The van der Waals surface area contributed by atoms with Crippen LogP contribution in [0.1, 0.15) is 22.8 Å². The minimum Gasteiger partial charge on any atom is -0.377 e. The fourth-order valence-electron chi connectivity index (χ4n) is 4.29. The van der Waals surface area contributed by atoms with Crippen molar-refractivity contribution in [2.75, 3.05) is 38.2 Å². The number of benzene rings is 1. The topological polar surface area (TPSA) is 67.5 Å². The summed E-state index contributed by atoms with van der Waals surface area (Å²) in [5.41, 5.74) is 4.58. The van der Waals surface area contributed by atoms with Gasteiger partial charge in [0.05, 0.1) is 11.1 Å². The number of hydrogen-bond donors (Lipinski definition) is 0. The van der Waals surface area contributed by atoms with Crippen molar-refractivity contribution in [3.05, 3.63) is 58.6 Å². The molecule has 0 saturated carbocycles. The average molecular weight is 450 g/mol. The van der Waals surface area contributed by atoms with Gasteiger partial charge in [-0.1, -0.05) is 35.5 Å². The van der Waals surface area contributed by atoms with Gasteiger partial charge < -0.3 is 14.2 Å². The lowest BCUT2D eigenvalue weighted by atomic mass is 10.1. The Morgan fingerprint density at radius 3 is 2.53 bits per heavy atom. The van der Waals surface area contributed by atoms with Gasteiger partial charge in [-0.05, 0) is 19.4 Å². The van der Waals surface area contributed by atoms with Crippen molar-refractivity contribution in [1.82, 2.24) is 20.0 Å². The van der Waals surface area contributed by atoms with Crippen molar-refractivity contribution in [1.29, 1.82) is 0 Å². The maximum atomic E-state index is 5.35. The molecule has 0 spiro atoms. The van der Waals surface area contributed by atoms with Crippen LogP contribution in [0.3, 0.4) is 0 Å². The normalized spacial score (nSPS) is 15.0. The van der Waals surface area contributed by atoms with E-state index in [4.69, 9.17) is 19.2 Å². The second-order valence-corrected chi connectivity index (χ2v) is 9.02. The largest absolute Gasteiger partial charge is 0.377 e. The molecular formula is C24H27N5O2S. The standard InChI is InChI=1S/C24H27N5O2S/c1-16-19(17(2)31-27-16)13-28-9-11-29(12-10-28)23-22-20(18-7-5-4-6-8-18)15-32-24(22)26-21(25-23)14-30-3/h4-8,15H,9-14H2,1-3H3. The van der Waals surface area contributed by atoms with Crippen LogP contribution >= 0.6 is 11.3 Å². The predicted molar refractivity (Wildman–Crippen MR) is 127 cm³/mol. The molecule has 3 aromatic heterocycles. The molecule has 8 heteroatoms. The van der Waals surface area contributed by atoms with E-state index in [2.05, 4.69) is 44.6 Å². The van der Waals surface area contributed by atoms with Crippen LogP contribution in [0.15, 0.2) is 40.2 Å². The van der Waals surface area contributed by atoms with Gasteiger partial charge in [-0.3, -0.25) is 4.90 Å². The van der Waals surface area contributed by atoms with E-state index < -0.39 is 0 Å². The summed E-state index contributed by atoms with van der Waals surface area (Å²) >= 11 is 1.67. The van der Waals surface area contributed by atoms with Gasteiger partial charge in [0.2, 0.25) is 0 Å². The summed E-state index contributed by atoms with van der Waals surface area (Å²) in [6.07, 6.45) is 0. The molecule has 0 amide bonds. The summed E-state index contributed by atoms with van der Waals surface area (Å²) in [7, 11) is 1.69. The van der Waals surface area contributed by atoms with Crippen LogP contribution in [0.2, 0.25) is 0 Å². The fourth-order valence-corrected chi connectivity index (χ4v) is 5.25. The summed E-state index contributed by atoms with van der Waals surface area (Å²) in [4.78, 5) is 15.6. The molecule has 166 valence electrons. The SMILES string of the molecule is COCc1nc(N2CCN(Cc3c(C)noc3C)CC2)c2c(-c3ccccc3)csc2n1. The highest BCUT2D eigenvalue weighted by molar-refractivity contribution is 7.17. The Bertz CT molecular complexity index is 1190. The molecule has 0 radical (unpaired) electrons. The Hall–Kier alpha value is -2.81. The number of fused-ring (bicyclic) bond motifs is 1. The number of hydrogen-bond acceptors (Lipinski definition) is 8. The van der Waals surface area contributed by atoms with E-state index >= 15 is 0 Å². The molecule has 1 aromatic carbocycles. The van der Waals surface area contributed by atoms with Crippen molar-refractivity contribution in [3.63, 3.8) is 0 Å². The molecule has 0 bridgehead atoms. The second-order valence-electron chi connectivity index (χ2n) is 8.16. The summed E-state index contributed by atoms with van der Waals surface area (Å²) < 4.78 is 10.7. The molecule has 1 aliphatic heterocycles. The molecule has 32 heavy (non-hydrogen) atoms. The molecule has 0 unspecified atom stereocenters. The Morgan fingerprint density at radius 2 is 1.84 bits per heavy atom. The van der Waals surface area contributed by atoms with Gasteiger partial charge in [0, 0.05) is 56.3 Å². The van der Waals surface area contributed by atoms with Crippen molar-refractivity contribution in [3.8, 4) is 11.1 Å². The number of methoxy groups -OCH3 is 1. The summed E-state index contributed by atoms with van der Waals surface area (Å²) in [5.74, 6) is 2.66. The van der Waals surface area contributed by atoms with Crippen LogP contribution in [0.25, 0.3) is 21.3 Å². The summed E-state index contributed by atoms with van der Waals surface area (Å²) in [5, 5.41) is 7.43. The lowest BCUT2D eigenvalue weighted by molar-refractivity contribution is 0.178. The number of ether oxygens (including phenoxy) is 1. The quantitative estimate of drug-likeness (QED) is 0.431.